The summed E-state index contributed by atoms with van der Waals surface area (Å²) in [6, 6.07) is 48.8. The molecule has 5 aromatic rings. The molecule has 0 saturated carbocycles. The zero-order chi connectivity index (χ0) is 25.6. The Morgan fingerprint density at radius 1 is 0.342 bits per heavy atom. The first-order valence-corrected chi connectivity index (χ1v) is 12.6. The molecule has 0 amide bonds. The van der Waals surface area contributed by atoms with E-state index in [2.05, 4.69) is 59.2 Å². The number of nitrogens with one attached hydrogen (secondary N) is 2. The lowest BCUT2D eigenvalue weighted by Gasteiger charge is -2.28. The molecule has 0 heterocycles. The highest BCUT2D eigenvalue weighted by Crippen LogP contribution is 2.33. The molecule has 4 heteroatoms. The van der Waals surface area contributed by atoms with Gasteiger partial charge >= 0.3 is 0 Å². The van der Waals surface area contributed by atoms with Gasteiger partial charge in [-0.1, -0.05) is 97.1 Å². The summed E-state index contributed by atoms with van der Waals surface area (Å²) < 4.78 is 0. The molecule has 1 aliphatic carbocycles. The maximum absolute atomic E-state index is 5.17. The van der Waals surface area contributed by atoms with E-state index in [1.165, 1.54) is 0 Å². The van der Waals surface area contributed by atoms with Crippen LogP contribution in [0.25, 0.3) is 0 Å². The van der Waals surface area contributed by atoms with E-state index in [-0.39, 0.29) is 0 Å². The van der Waals surface area contributed by atoms with Crippen LogP contribution in [0.15, 0.2) is 167 Å². The molecule has 0 saturated heterocycles. The molecule has 0 spiro atoms. The van der Waals surface area contributed by atoms with Crippen LogP contribution in [-0.2, 0) is 0 Å². The Morgan fingerprint density at radius 3 is 1.03 bits per heavy atom. The van der Waals surface area contributed by atoms with Gasteiger partial charge in [-0.25, -0.2) is 9.98 Å². The molecular formula is C34H26N4. The number of allylic oxidation sites excluding steroid dienone is 2. The summed E-state index contributed by atoms with van der Waals surface area (Å²) in [5.41, 5.74) is 9.14. The Morgan fingerprint density at radius 2 is 0.658 bits per heavy atom. The van der Waals surface area contributed by atoms with Crippen molar-refractivity contribution in [1.29, 1.82) is 0 Å². The first-order chi connectivity index (χ1) is 18.8. The summed E-state index contributed by atoms with van der Waals surface area (Å²) in [4.78, 5) is 10.3. The minimum Gasteiger partial charge on any atom is -0.352 e. The van der Waals surface area contributed by atoms with Crippen molar-refractivity contribution >= 4 is 34.2 Å². The van der Waals surface area contributed by atoms with Crippen LogP contribution in [0, 0.1) is 0 Å². The standard InChI is InChI=1S/C34H26N4/c1-5-15-25(16-6-1)35-31-29-23-13-14-24-30(29)32(36-26-17-7-2-8-18-26)34(38-28-21-11-4-12-22-28)33(31)37-27-19-9-3-10-20-27/h1-24,37-38H. The number of rotatable bonds is 6. The summed E-state index contributed by atoms with van der Waals surface area (Å²) in [5.74, 6) is 0. The van der Waals surface area contributed by atoms with Crippen LogP contribution < -0.4 is 10.6 Å². The van der Waals surface area contributed by atoms with E-state index < -0.39 is 0 Å². The average Bonchev–Trinajstić information content (AvgIpc) is 2.98. The molecule has 38 heavy (non-hydrogen) atoms. The van der Waals surface area contributed by atoms with Gasteiger partial charge in [0.05, 0.1) is 34.2 Å². The van der Waals surface area contributed by atoms with Crippen molar-refractivity contribution in [3.63, 3.8) is 0 Å². The predicted molar refractivity (Wildman–Crippen MR) is 159 cm³/mol. The summed E-state index contributed by atoms with van der Waals surface area (Å²) >= 11 is 0. The Kier molecular flexibility index (Phi) is 6.60. The van der Waals surface area contributed by atoms with E-state index >= 15 is 0 Å². The summed E-state index contributed by atoms with van der Waals surface area (Å²) in [5, 5.41) is 7.37. The number of para-hydroxylation sites is 4. The van der Waals surface area contributed by atoms with E-state index in [4.69, 9.17) is 9.98 Å². The van der Waals surface area contributed by atoms with Crippen LogP contribution in [0.1, 0.15) is 11.1 Å². The Labute approximate surface area is 222 Å². The highest BCUT2D eigenvalue weighted by molar-refractivity contribution is 6.32. The first-order valence-electron chi connectivity index (χ1n) is 12.6. The molecule has 0 aromatic heterocycles. The van der Waals surface area contributed by atoms with E-state index in [9.17, 15) is 0 Å². The van der Waals surface area contributed by atoms with Crippen molar-refractivity contribution in [1.82, 2.24) is 0 Å². The normalized spacial score (nSPS) is 14.8. The van der Waals surface area contributed by atoms with Gasteiger partial charge in [0.25, 0.3) is 0 Å². The van der Waals surface area contributed by atoms with Crippen molar-refractivity contribution < 1.29 is 0 Å². The Balaban J connectivity index is 1.64. The average molecular weight is 491 g/mol. The third-order valence-electron chi connectivity index (χ3n) is 6.24. The third-order valence-corrected chi connectivity index (χ3v) is 6.24. The van der Waals surface area contributed by atoms with Crippen LogP contribution in [0.4, 0.5) is 22.7 Å². The summed E-state index contributed by atoms with van der Waals surface area (Å²) in [6.45, 7) is 0. The molecule has 0 aliphatic heterocycles. The van der Waals surface area contributed by atoms with Crippen molar-refractivity contribution in [3.8, 4) is 0 Å². The maximum atomic E-state index is 5.17. The number of hydrogen-bond donors (Lipinski definition) is 2. The fourth-order valence-electron chi connectivity index (χ4n) is 4.47. The highest BCUT2D eigenvalue weighted by Gasteiger charge is 2.30. The molecule has 5 aromatic carbocycles. The van der Waals surface area contributed by atoms with Gasteiger partial charge in [-0.15, -0.1) is 0 Å². The van der Waals surface area contributed by atoms with Gasteiger partial charge in [0.15, 0.2) is 0 Å². The van der Waals surface area contributed by atoms with Gasteiger partial charge in [0.2, 0.25) is 0 Å². The lowest BCUT2D eigenvalue weighted by molar-refractivity contribution is 1.33. The maximum Gasteiger partial charge on any atom is 0.0973 e. The molecule has 0 fully saturated rings. The number of nitrogens with zero attached hydrogens (tertiary/aromatic N) is 2. The van der Waals surface area contributed by atoms with Crippen molar-refractivity contribution in [2.45, 2.75) is 0 Å². The van der Waals surface area contributed by atoms with Crippen molar-refractivity contribution in [2.75, 3.05) is 10.6 Å². The fourth-order valence-corrected chi connectivity index (χ4v) is 4.47. The molecule has 1 aliphatic rings. The van der Waals surface area contributed by atoms with Crippen LogP contribution >= 0.6 is 0 Å². The number of hydrogen-bond acceptors (Lipinski definition) is 4. The minimum atomic E-state index is 0.848. The van der Waals surface area contributed by atoms with Gasteiger partial charge in [0.1, 0.15) is 0 Å². The predicted octanol–water partition coefficient (Wildman–Crippen LogP) is 8.38. The van der Waals surface area contributed by atoms with Gasteiger partial charge in [-0.2, -0.15) is 0 Å². The Hall–Kier alpha value is -5.22. The quantitative estimate of drug-likeness (QED) is 0.251. The van der Waals surface area contributed by atoms with Gasteiger partial charge in [0, 0.05) is 22.5 Å². The van der Waals surface area contributed by atoms with Crippen LogP contribution in [0.5, 0.6) is 0 Å². The summed E-state index contributed by atoms with van der Waals surface area (Å²) in [6.07, 6.45) is 0. The van der Waals surface area contributed by atoms with Crippen LogP contribution in [0.2, 0.25) is 0 Å². The molecule has 0 unspecified atom stereocenters. The minimum absolute atomic E-state index is 0.848. The van der Waals surface area contributed by atoms with Crippen LogP contribution in [0.3, 0.4) is 0 Å². The number of fused-ring (bicyclic) bond motifs is 1. The monoisotopic (exact) mass is 490 g/mol. The lowest BCUT2D eigenvalue weighted by Crippen LogP contribution is -2.30. The zero-order valence-electron chi connectivity index (χ0n) is 20.8. The second kappa shape index (κ2) is 10.8. The summed E-state index contributed by atoms with van der Waals surface area (Å²) in [7, 11) is 0. The molecule has 0 atom stereocenters. The van der Waals surface area contributed by atoms with Gasteiger partial charge < -0.3 is 10.6 Å². The molecular weight excluding hydrogens is 464 g/mol. The fraction of sp³-hybridized carbons (Fsp3) is 0. The topological polar surface area (TPSA) is 48.8 Å². The third kappa shape index (κ3) is 5.01. The second-order valence-electron chi connectivity index (χ2n) is 8.87. The molecule has 0 bridgehead atoms. The number of aliphatic imine (C=N–C) groups is 2. The van der Waals surface area contributed by atoms with Crippen molar-refractivity contribution in [3.05, 3.63) is 168 Å². The molecule has 0 radical (unpaired) electrons. The number of anilines is 2. The molecule has 2 N–H and O–H groups in total. The molecule has 4 nitrogen and oxygen atoms in total. The lowest BCUT2D eigenvalue weighted by atomic mass is 9.88. The molecule has 182 valence electrons. The zero-order valence-corrected chi connectivity index (χ0v) is 20.8. The van der Waals surface area contributed by atoms with E-state index in [1.807, 2.05) is 97.1 Å². The Bertz CT molecular complexity index is 1500. The van der Waals surface area contributed by atoms with E-state index in [0.717, 1.165) is 56.7 Å². The van der Waals surface area contributed by atoms with Gasteiger partial charge in [-0.05, 0) is 48.5 Å². The van der Waals surface area contributed by atoms with Gasteiger partial charge in [-0.3, -0.25) is 0 Å². The highest BCUT2D eigenvalue weighted by atomic mass is 15.0. The van der Waals surface area contributed by atoms with E-state index in [1.54, 1.807) is 0 Å². The smallest absolute Gasteiger partial charge is 0.0973 e. The number of benzene rings is 5. The molecule has 6 rings (SSSR count). The first kappa shape index (κ1) is 23.2. The largest absolute Gasteiger partial charge is 0.352 e. The second-order valence-corrected chi connectivity index (χ2v) is 8.87. The SMILES string of the molecule is c1ccc(N=C2C(Nc3ccccc3)=C(Nc3ccccc3)C(=Nc3ccccc3)c3ccccc32)cc1. The van der Waals surface area contributed by atoms with E-state index in [0.29, 0.717) is 0 Å². The van der Waals surface area contributed by atoms with Crippen molar-refractivity contribution in [2.24, 2.45) is 9.98 Å². The van der Waals surface area contributed by atoms with Crippen LogP contribution in [-0.4, -0.2) is 11.4 Å².